The van der Waals surface area contributed by atoms with E-state index in [2.05, 4.69) is 4.98 Å². The molecule has 0 aliphatic carbocycles. The Bertz CT molecular complexity index is 734. The second kappa shape index (κ2) is 5.39. The Labute approximate surface area is 117 Å². The lowest BCUT2D eigenvalue weighted by atomic mass is 9.96. The highest BCUT2D eigenvalue weighted by Gasteiger charge is 2.11. The molecule has 0 saturated carbocycles. The molecule has 0 fully saturated rings. The molecule has 3 rings (SSSR count). The molecule has 2 N–H and O–H groups in total. The first-order valence-electron chi connectivity index (χ1n) is 6.58. The molecule has 1 atom stereocenters. The number of nitrogens with zero attached hydrogens (tertiary/aromatic N) is 1. The van der Waals surface area contributed by atoms with Gasteiger partial charge in [-0.1, -0.05) is 30.3 Å². The van der Waals surface area contributed by atoms with E-state index in [1.165, 1.54) is 12.1 Å². The lowest BCUT2D eigenvalue weighted by Gasteiger charge is -2.14. The monoisotopic (exact) mass is 266 g/mol. The summed E-state index contributed by atoms with van der Waals surface area (Å²) in [6.07, 6.45) is 2.37. The summed E-state index contributed by atoms with van der Waals surface area (Å²) >= 11 is 0. The summed E-state index contributed by atoms with van der Waals surface area (Å²) in [4.78, 5) is 4.33. The maximum absolute atomic E-state index is 13.2. The van der Waals surface area contributed by atoms with Crippen LogP contribution in [0, 0.1) is 5.82 Å². The average molecular weight is 266 g/mol. The van der Waals surface area contributed by atoms with E-state index in [-0.39, 0.29) is 11.9 Å². The first-order valence-corrected chi connectivity index (χ1v) is 6.58. The first kappa shape index (κ1) is 12.8. The van der Waals surface area contributed by atoms with Gasteiger partial charge in [-0.3, -0.25) is 4.98 Å². The zero-order valence-corrected chi connectivity index (χ0v) is 11.0. The third-order valence-corrected chi connectivity index (χ3v) is 3.42. The van der Waals surface area contributed by atoms with Gasteiger partial charge in [0, 0.05) is 17.6 Å². The van der Waals surface area contributed by atoms with Crippen molar-refractivity contribution in [3.8, 4) is 0 Å². The van der Waals surface area contributed by atoms with Crippen molar-refractivity contribution in [1.29, 1.82) is 0 Å². The summed E-state index contributed by atoms with van der Waals surface area (Å²) in [5.74, 6) is -0.228. The van der Waals surface area contributed by atoms with E-state index >= 15 is 0 Å². The van der Waals surface area contributed by atoms with Crippen LogP contribution < -0.4 is 5.73 Å². The summed E-state index contributed by atoms with van der Waals surface area (Å²) < 4.78 is 13.2. The van der Waals surface area contributed by atoms with Crippen molar-refractivity contribution in [2.24, 2.45) is 5.73 Å². The van der Waals surface area contributed by atoms with Crippen molar-refractivity contribution in [3.05, 3.63) is 77.7 Å². The van der Waals surface area contributed by atoms with Crippen LogP contribution in [0.5, 0.6) is 0 Å². The second-order valence-corrected chi connectivity index (χ2v) is 4.86. The zero-order chi connectivity index (χ0) is 13.9. The highest BCUT2D eigenvalue weighted by Crippen LogP contribution is 2.24. The lowest BCUT2D eigenvalue weighted by Crippen LogP contribution is -2.14. The molecule has 0 spiro atoms. The minimum absolute atomic E-state index is 0.176. The molecule has 0 bridgehead atoms. The molecule has 100 valence electrons. The van der Waals surface area contributed by atoms with Gasteiger partial charge in [0.25, 0.3) is 0 Å². The molecule has 20 heavy (non-hydrogen) atoms. The fraction of sp³-hybridized carbons (Fsp3) is 0.118. The van der Waals surface area contributed by atoms with Gasteiger partial charge in [-0.05, 0) is 41.8 Å². The molecule has 0 radical (unpaired) electrons. The molecule has 0 aliphatic heterocycles. The van der Waals surface area contributed by atoms with Crippen LogP contribution in [0.25, 0.3) is 10.9 Å². The minimum Gasteiger partial charge on any atom is -0.324 e. The van der Waals surface area contributed by atoms with Crippen LogP contribution in [-0.2, 0) is 6.42 Å². The van der Waals surface area contributed by atoms with Gasteiger partial charge in [-0.25, -0.2) is 4.39 Å². The molecule has 0 amide bonds. The standard InChI is InChI=1S/C17H15FN2/c18-13-5-1-4-12(10-13)11-16(19)14-6-2-8-17-15(14)7-3-9-20-17/h1-10,16H,11,19H2. The Morgan fingerprint density at radius 2 is 1.90 bits per heavy atom. The van der Waals surface area contributed by atoms with Crippen LogP contribution in [-0.4, -0.2) is 4.98 Å². The Morgan fingerprint density at radius 3 is 2.75 bits per heavy atom. The summed E-state index contributed by atoms with van der Waals surface area (Å²) in [5.41, 5.74) is 9.17. The normalized spacial score (nSPS) is 12.5. The quantitative estimate of drug-likeness (QED) is 0.786. The average Bonchev–Trinajstić information content (AvgIpc) is 2.46. The number of hydrogen-bond acceptors (Lipinski definition) is 2. The maximum atomic E-state index is 13.2. The van der Waals surface area contributed by atoms with E-state index in [1.807, 2.05) is 36.4 Å². The number of hydrogen-bond donors (Lipinski definition) is 1. The Kier molecular flexibility index (Phi) is 3.44. The predicted octanol–water partition coefficient (Wildman–Crippen LogP) is 3.62. The molecule has 3 aromatic rings. The van der Waals surface area contributed by atoms with Gasteiger partial charge < -0.3 is 5.73 Å². The number of aromatic nitrogens is 1. The first-order chi connectivity index (χ1) is 9.74. The molecule has 3 heteroatoms. The van der Waals surface area contributed by atoms with Gasteiger partial charge in [-0.15, -0.1) is 0 Å². The number of rotatable bonds is 3. The molecule has 0 aliphatic rings. The largest absolute Gasteiger partial charge is 0.324 e. The number of nitrogens with two attached hydrogens (primary N) is 1. The van der Waals surface area contributed by atoms with Gasteiger partial charge in [0.1, 0.15) is 5.82 Å². The van der Waals surface area contributed by atoms with Gasteiger partial charge >= 0.3 is 0 Å². The number of benzene rings is 2. The van der Waals surface area contributed by atoms with Gasteiger partial charge in [-0.2, -0.15) is 0 Å². The van der Waals surface area contributed by atoms with E-state index in [1.54, 1.807) is 12.3 Å². The third kappa shape index (κ3) is 2.53. The Morgan fingerprint density at radius 1 is 1.05 bits per heavy atom. The van der Waals surface area contributed by atoms with E-state index in [0.717, 1.165) is 22.0 Å². The van der Waals surface area contributed by atoms with E-state index in [9.17, 15) is 4.39 Å². The summed E-state index contributed by atoms with van der Waals surface area (Å²) in [6.45, 7) is 0. The maximum Gasteiger partial charge on any atom is 0.123 e. The fourth-order valence-electron chi connectivity index (χ4n) is 2.48. The van der Waals surface area contributed by atoms with E-state index in [4.69, 9.17) is 5.73 Å². The van der Waals surface area contributed by atoms with Crippen molar-refractivity contribution in [3.63, 3.8) is 0 Å². The lowest BCUT2D eigenvalue weighted by molar-refractivity contribution is 0.622. The minimum atomic E-state index is -0.228. The van der Waals surface area contributed by atoms with Crippen LogP contribution in [0.4, 0.5) is 4.39 Å². The van der Waals surface area contributed by atoms with Crippen molar-refractivity contribution >= 4 is 10.9 Å². The molecule has 1 aromatic heterocycles. The van der Waals surface area contributed by atoms with E-state index in [0.29, 0.717) is 6.42 Å². The zero-order valence-electron chi connectivity index (χ0n) is 11.0. The smallest absolute Gasteiger partial charge is 0.123 e. The molecule has 2 aromatic carbocycles. The topological polar surface area (TPSA) is 38.9 Å². The van der Waals surface area contributed by atoms with Crippen LogP contribution in [0.15, 0.2) is 60.8 Å². The molecule has 1 unspecified atom stereocenters. The van der Waals surface area contributed by atoms with Crippen LogP contribution >= 0.6 is 0 Å². The Balaban J connectivity index is 1.94. The van der Waals surface area contributed by atoms with E-state index < -0.39 is 0 Å². The van der Waals surface area contributed by atoms with Gasteiger partial charge in [0.05, 0.1) is 5.52 Å². The predicted molar refractivity (Wildman–Crippen MR) is 78.8 cm³/mol. The van der Waals surface area contributed by atoms with Crippen molar-refractivity contribution in [2.75, 3.05) is 0 Å². The Hall–Kier alpha value is -2.26. The highest BCUT2D eigenvalue weighted by atomic mass is 19.1. The van der Waals surface area contributed by atoms with Crippen molar-refractivity contribution < 1.29 is 4.39 Å². The van der Waals surface area contributed by atoms with Crippen LogP contribution in [0.1, 0.15) is 17.2 Å². The molecule has 1 heterocycles. The van der Waals surface area contributed by atoms with Crippen molar-refractivity contribution in [1.82, 2.24) is 4.98 Å². The fourth-order valence-corrected chi connectivity index (χ4v) is 2.48. The number of pyridine rings is 1. The second-order valence-electron chi connectivity index (χ2n) is 4.86. The van der Waals surface area contributed by atoms with Crippen molar-refractivity contribution in [2.45, 2.75) is 12.5 Å². The summed E-state index contributed by atoms with van der Waals surface area (Å²) in [5, 5.41) is 1.05. The number of halogens is 1. The molecular weight excluding hydrogens is 251 g/mol. The highest BCUT2D eigenvalue weighted by molar-refractivity contribution is 5.82. The summed E-state index contributed by atoms with van der Waals surface area (Å²) in [6, 6.07) is 16.3. The molecule has 0 saturated heterocycles. The van der Waals surface area contributed by atoms with Crippen LogP contribution in [0.2, 0.25) is 0 Å². The van der Waals surface area contributed by atoms with Gasteiger partial charge in [0.2, 0.25) is 0 Å². The molecular formula is C17H15FN2. The number of fused-ring (bicyclic) bond motifs is 1. The van der Waals surface area contributed by atoms with Gasteiger partial charge in [0.15, 0.2) is 0 Å². The summed E-state index contributed by atoms with van der Waals surface area (Å²) in [7, 11) is 0. The molecule has 2 nitrogen and oxygen atoms in total. The van der Waals surface area contributed by atoms with Crippen LogP contribution in [0.3, 0.4) is 0 Å². The third-order valence-electron chi connectivity index (χ3n) is 3.42. The SMILES string of the molecule is NC(Cc1cccc(F)c1)c1cccc2ncccc12.